The minimum Gasteiger partial charge on any atom is -0.478 e. The number of aliphatic carboxylic acids is 1. The lowest BCUT2D eigenvalue weighted by atomic mass is 9.88. The van der Waals surface area contributed by atoms with E-state index >= 15 is 0 Å². The summed E-state index contributed by atoms with van der Waals surface area (Å²) < 4.78 is 5.92. The van der Waals surface area contributed by atoms with Crippen LogP contribution in [0.5, 0.6) is 0 Å². The summed E-state index contributed by atoms with van der Waals surface area (Å²) in [6.07, 6.45) is 2.41. The third-order valence-corrected chi connectivity index (χ3v) is 3.67. The van der Waals surface area contributed by atoms with Gasteiger partial charge in [0.05, 0.1) is 24.3 Å². The molecule has 8 nitrogen and oxygen atoms in total. The summed E-state index contributed by atoms with van der Waals surface area (Å²) in [6.45, 7) is 5.30. The minimum atomic E-state index is -1.07. The number of carbonyl (C=O) groups is 2. The molecule has 1 aliphatic rings. The molecule has 0 spiro atoms. The van der Waals surface area contributed by atoms with Crippen LogP contribution >= 0.6 is 0 Å². The first-order chi connectivity index (χ1) is 10.4. The topological polar surface area (TPSA) is 124 Å². The molecule has 1 rings (SSSR count). The predicted octanol–water partition coefficient (Wildman–Crippen LogP) is 2.16. The maximum absolute atomic E-state index is 11.4. The third kappa shape index (κ3) is 4.75. The number of carbonyl (C=O) groups excluding carboxylic acids is 1. The number of nitrogens with zero attached hydrogens (tertiary/aromatic N) is 3. The van der Waals surface area contributed by atoms with Gasteiger partial charge in [-0.3, -0.25) is 4.79 Å². The van der Waals surface area contributed by atoms with Crippen LogP contribution in [0.2, 0.25) is 0 Å². The smallest absolute Gasteiger partial charge is 0.331 e. The fraction of sp³-hybridized carbons (Fsp3) is 0.714. The van der Waals surface area contributed by atoms with Crippen LogP contribution in [0.3, 0.4) is 0 Å². The number of amides is 1. The van der Waals surface area contributed by atoms with Gasteiger partial charge in [0.15, 0.2) is 0 Å². The van der Waals surface area contributed by atoms with Crippen LogP contribution < -0.4 is 5.32 Å². The van der Waals surface area contributed by atoms with Gasteiger partial charge in [0.2, 0.25) is 5.91 Å². The summed E-state index contributed by atoms with van der Waals surface area (Å²) in [5.74, 6) is -1.36. The van der Waals surface area contributed by atoms with Gasteiger partial charge in [-0.15, -0.1) is 0 Å². The van der Waals surface area contributed by atoms with E-state index in [9.17, 15) is 14.7 Å². The Morgan fingerprint density at radius 1 is 1.55 bits per heavy atom. The lowest BCUT2D eigenvalue weighted by molar-refractivity contribution is -0.133. The molecule has 0 aromatic heterocycles. The van der Waals surface area contributed by atoms with Crippen LogP contribution in [0.25, 0.3) is 10.4 Å². The molecule has 0 radical (unpaired) electrons. The molecule has 1 unspecified atom stereocenters. The number of carboxylic acid groups (broad SMARTS) is 1. The molecule has 0 saturated carbocycles. The molecule has 0 bridgehead atoms. The van der Waals surface area contributed by atoms with Crippen LogP contribution in [0.4, 0.5) is 0 Å². The highest BCUT2D eigenvalue weighted by atomic mass is 16.5. The number of carboxylic acids is 1. The number of hydrogen-bond donors (Lipinski definition) is 2. The van der Waals surface area contributed by atoms with Crippen LogP contribution in [0.1, 0.15) is 40.0 Å². The van der Waals surface area contributed by atoms with E-state index in [2.05, 4.69) is 15.3 Å². The first-order valence-electron chi connectivity index (χ1n) is 7.33. The second-order valence-corrected chi connectivity index (χ2v) is 5.24. The maximum atomic E-state index is 11.4. The lowest BCUT2D eigenvalue weighted by Crippen LogP contribution is -2.53. The summed E-state index contributed by atoms with van der Waals surface area (Å²) in [6, 6.07) is -1.26. The first kappa shape index (κ1) is 18.0. The van der Waals surface area contributed by atoms with Gasteiger partial charge >= 0.3 is 5.97 Å². The molecule has 0 heterocycles. The largest absolute Gasteiger partial charge is 0.478 e. The molecule has 3 atom stereocenters. The van der Waals surface area contributed by atoms with E-state index in [0.29, 0.717) is 0 Å². The van der Waals surface area contributed by atoms with Crippen molar-refractivity contribution in [2.45, 2.75) is 64.3 Å². The summed E-state index contributed by atoms with van der Waals surface area (Å²) in [5.41, 5.74) is 8.83. The number of rotatable bonds is 7. The molecule has 0 aromatic rings. The van der Waals surface area contributed by atoms with Gasteiger partial charge < -0.3 is 15.2 Å². The second kappa shape index (κ2) is 8.41. The average Bonchev–Trinajstić information content (AvgIpc) is 2.46. The molecule has 122 valence electrons. The van der Waals surface area contributed by atoms with E-state index in [-0.39, 0.29) is 24.0 Å². The molecule has 0 fully saturated rings. The van der Waals surface area contributed by atoms with Crippen molar-refractivity contribution in [3.63, 3.8) is 0 Å². The molecule has 8 heteroatoms. The SMILES string of the molecule is CCC(CC)O[C@@H]1C=C(C(=O)O)CC(N=[N+]=[N-])[C@H]1NC(C)=O. The molecule has 2 N–H and O–H groups in total. The Hall–Kier alpha value is -2.05. The molecule has 1 amide bonds. The zero-order chi connectivity index (χ0) is 16.7. The van der Waals surface area contributed by atoms with Crippen molar-refractivity contribution in [1.29, 1.82) is 0 Å². The molecule has 0 saturated heterocycles. The zero-order valence-electron chi connectivity index (χ0n) is 13.0. The van der Waals surface area contributed by atoms with E-state index in [1.54, 1.807) is 0 Å². The van der Waals surface area contributed by atoms with Crippen molar-refractivity contribution >= 4 is 11.9 Å². The quantitative estimate of drug-likeness (QED) is 0.424. The standard InChI is InChI=1S/C14H22N4O4/c1-4-10(5-2)22-12-7-9(14(20)21)6-11(17-18-15)13(12)16-8(3)19/h7,10-13H,4-6H2,1-3H3,(H,16,19)(H,20,21)/t11?,12-,13-/m1/s1. The Kier molecular flexibility index (Phi) is 6.88. The van der Waals surface area contributed by atoms with Gasteiger partial charge in [0.25, 0.3) is 0 Å². The minimum absolute atomic E-state index is 0.0580. The summed E-state index contributed by atoms with van der Waals surface area (Å²) in [7, 11) is 0. The van der Waals surface area contributed by atoms with Crippen molar-refractivity contribution in [3.05, 3.63) is 22.1 Å². The highest BCUT2D eigenvalue weighted by molar-refractivity contribution is 5.87. The molecular formula is C14H22N4O4. The Morgan fingerprint density at radius 3 is 2.64 bits per heavy atom. The highest BCUT2D eigenvalue weighted by Gasteiger charge is 2.36. The molecular weight excluding hydrogens is 288 g/mol. The third-order valence-electron chi connectivity index (χ3n) is 3.67. The van der Waals surface area contributed by atoms with E-state index in [1.807, 2.05) is 13.8 Å². The normalized spacial score (nSPS) is 24.4. The molecule has 22 heavy (non-hydrogen) atoms. The van der Waals surface area contributed by atoms with Crippen LogP contribution in [0, 0.1) is 0 Å². The Balaban J connectivity index is 3.14. The second-order valence-electron chi connectivity index (χ2n) is 5.24. The summed E-state index contributed by atoms with van der Waals surface area (Å²) in [5, 5.41) is 15.6. The Morgan fingerprint density at radius 2 is 2.18 bits per heavy atom. The number of ether oxygens (including phenoxy) is 1. The maximum Gasteiger partial charge on any atom is 0.331 e. The first-order valence-corrected chi connectivity index (χ1v) is 7.33. The monoisotopic (exact) mass is 310 g/mol. The fourth-order valence-electron chi connectivity index (χ4n) is 2.52. The summed E-state index contributed by atoms with van der Waals surface area (Å²) >= 11 is 0. The molecule has 0 aliphatic heterocycles. The van der Waals surface area contributed by atoms with E-state index in [0.717, 1.165) is 12.8 Å². The number of azide groups is 1. The molecule has 1 aliphatic carbocycles. The van der Waals surface area contributed by atoms with Gasteiger partial charge in [-0.2, -0.15) is 0 Å². The van der Waals surface area contributed by atoms with Crippen molar-refractivity contribution in [3.8, 4) is 0 Å². The van der Waals surface area contributed by atoms with Gasteiger partial charge in [0, 0.05) is 17.4 Å². The molecule has 0 aromatic carbocycles. The zero-order valence-corrected chi connectivity index (χ0v) is 13.0. The number of hydrogen-bond acceptors (Lipinski definition) is 4. The predicted molar refractivity (Wildman–Crippen MR) is 80.1 cm³/mol. The van der Waals surface area contributed by atoms with Gasteiger partial charge in [-0.25, -0.2) is 4.79 Å². The number of nitrogens with one attached hydrogen (secondary N) is 1. The van der Waals surface area contributed by atoms with Crippen molar-refractivity contribution < 1.29 is 19.4 Å². The Bertz CT molecular complexity index is 495. The van der Waals surface area contributed by atoms with Gasteiger partial charge in [-0.1, -0.05) is 19.0 Å². The van der Waals surface area contributed by atoms with Gasteiger partial charge in [0.1, 0.15) is 0 Å². The van der Waals surface area contributed by atoms with E-state index in [1.165, 1.54) is 13.0 Å². The van der Waals surface area contributed by atoms with Crippen molar-refractivity contribution in [2.24, 2.45) is 5.11 Å². The van der Waals surface area contributed by atoms with Crippen molar-refractivity contribution in [2.75, 3.05) is 0 Å². The van der Waals surface area contributed by atoms with Crippen molar-refractivity contribution in [1.82, 2.24) is 5.32 Å². The van der Waals surface area contributed by atoms with E-state index < -0.39 is 24.2 Å². The highest BCUT2D eigenvalue weighted by Crippen LogP contribution is 2.26. The van der Waals surface area contributed by atoms with Crippen LogP contribution in [-0.2, 0) is 14.3 Å². The Labute approximate surface area is 129 Å². The van der Waals surface area contributed by atoms with Crippen LogP contribution in [-0.4, -0.2) is 41.3 Å². The van der Waals surface area contributed by atoms with E-state index in [4.69, 9.17) is 10.3 Å². The van der Waals surface area contributed by atoms with Crippen LogP contribution in [0.15, 0.2) is 16.8 Å². The fourth-order valence-corrected chi connectivity index (χ4v) is 2.52. The van der Waals surface area contributed by atoms with Gasteiger partial charge in [-0.05, 0) is 30.9 Å². The lowest BCUT2D eigenvalue weighted by Gasteiger charge is -2.36. The summed E-state index contributed by atoms with van der Waals surface area (Å²) in [4.78, 5) is 25.4. The average molecular weight is 310 g/mol.